The van der Waals surface area contributed by atoms with E-state index in [-0.39, 0.29) is 5.91 Å². The molecule has 0 bridgehead atoms. The third-order valence-corrected chi connectivity index (χ3v) is 3.32. The highest BCUT2D eigenvalue weighted by Gasteiger charge is 2.09. The van der Waals surface area contributed by atoms with Gasteiger partial charge in [-0.2, -0.15) is 0 Å². The molecule has 2 aromatic rings. The second kappa shape index (κ2) is 7.45. The van der Waals surface area contributed by atoms with Crippen molar-refractivity contribution in [3.63, 3.8) is 0 Å². The van der Waals surface area contributed by atoms with Crippen molar-refractivity contribution >= 4 is 17.3 Å². The van der Waals surface area contributed by atoms with Gasteiger partial charge in [-0.25, -0.2) is 4.98 Å². The maximum atomic E-state index is 12.1. The number of aromatic nitrogens is 1. The first-order valence-electron chi connectivity index (χ1n) is 7.19. The summed E-state index contributed by atoms with van der Waals surface area (Å²) in [5.74, 6) is 1.64. The number of pyridine rings is 1. The molecule has 1 aromatic carbocycles. The Morgan fingerprint density at radius 3 is 2.61 bits per heavy atom. The lowest BCUT2D eigenvalue weighted by Gasteiger charge is -2.11. The number of benzene rings is 1. The number of nitrogens with one attached hydrogen (secondary N) is 1. The van der Waals surface area contributed by atoms with Crippen LogP contribution in [0.25, 0.3) is 5.57 Å². The molecule has 0 radical (unpaired) electrons. The standard InChI is InChI=1S/C18H20N2O3/c1-12(15-9-8-14(22-3)11-16(15)23-4)10-18(21)20-17-7-5-6-13(2)19-17/h5-11H,1-4H3,(H,19,20,21)/b12-10+. The average Bonchev–Trinajstić information content (AvgIpc) is 2.53. The second-order valence-electron chi connectivity index (χ2n) is 5.05. The lowest BCUT2D eigenvalue weighted by Crippen LogP contribution is -2.10. The lowest BCUT2D eigenvalue weighted by molar-refractivity contribution is -0.111. The first-order chi connectivity index (χ1) is 11.0. The van der Waals surface area contributed by atoms with Crippen molar-refractivity contribution in [2.75, 3.05) is 19.5 Å². The van der Waals surface area contributed by atoms with Crippen molar-refractivity contribution in [2.45, 2.75) is 13.8 Å². The number of carbonyl (C=O) groups is 1. The van der Waals surface area contributed by atoms with Crippen LogP contribution in [0.2, 0.25) is 0 Å². The average molecular weight is 312 g/mol. The molecule has 0 unspecified atom stereocenters. The van der Waals surface area contributed by atoms with Crippen LogP contribution >= 0.6 is 0 Å². The van der Waals surface area contributed by atoms with Crippen LogP contribution in [0, 0.1) is 6.92 Å². The number of rotatable bonds is 5. The molecular weight excluding hydrogens is 292 g/mol. The van der Waals surface area contributed by atoms with Crippen molar-refractivity contribution in [1.82, 2.24) is 4.98 Å². The van der Waals surface area contributed by atoms with Crippen molar-refractivity contribution in [1.29, 1.82) is 0 Å². The molecule has 23 heavy (non-hydrogen) atoms. The SMILES string of the molecule is COc1ccc(/C(C)=C/C(=O)Nc2cccc(C)n2)c(OC)c1. The number of hydrogen-bond acceptors (Lipinski definition) is 4. The van der Waals surface area contributed by atoms with Crippen molar-refractivity contribution in [3.05, 3.63) is 53.7 Å². The summed E-state index contributed by atoms with van der Waals surface area (Å²) >= 11 is 0. The topological polar surface area (TPSA) is 60.5 Å². The molecule has 0 saturated carbocycles. The number of amides is 1. The van der Waals surface area contributed by atoms with Crippen LogP contribution in [-0.2, 0) is 4.79 Å². The smallest absolute Gasteiger partial charge is 0.249 e. The summed E-state index contributed by atoms with van der Waals surface area (Å²) in [6, 6.07) is 11.0. The number of anilines is 1. The first-order valence-corrected chi connectivity index (χ1v) is 7.19. The zero-order valence-corrected chi connectivity index (χ0v) is 13.7. The molecule has 0 spiro atoms. The molecule has 0 aliphatic rings. The molecule has 5 heteroatoms. The van der Waals surface area contributed by atoms with Gasteiger partial charge < -0.3 is 14.8 Å². The van der Waals surface area contributed by atoms with E-state index in [9.17, 15) is 4.79 Å². The van der Waals surface area contributed by atoms with Gasteiger partial charge in [-0.05, 0) is 43.7 Å². The molecule has 0 aliphatic heterocycles. The maximum absolute atomic E-state index is 12.1. The Morgan fingerprint density at radius 2 is 1.96 bits per heavy atom. The molecule has 5 nitrogen and oxygen atoms in total. The summed E-state index contributed by atoms with van der Waals surface area (Å²) < 4.78 is 10.5. The van der Waals surface area contributed by atoms with Gasteiger partial charge in [-0.1, -0.05) is 6.07 Å². The van der Waals surface area contributed by atoms with Gasteiger partial charge in [0.15, 0.2) is 0 Å². The fourth-order valence-corrected chi connectivity index (χ4v) is 2.17. The van der Waals surface area contributed by atoms with E-state index in [4.69, 9.17) is 9.47 Å². The van der Waals surface area contributed by atoms with Crippen molar-refractivity contribution in [3.8, 4) is 11.5 Å². The molecule has 120 valence electrons. The van der Waals surface area contributed by atoms with Crippen LogP contribution in [0.15, 0.2) is 42.5 Å². The van der Waals surface area contributed by atoms with E-state index in [1.807, 2.05) is 38.1 Å². The zero-order chi connectivity index (χ0) is 16.8. The summed E-state index contributed by atoms with van der Waals surface area (Å²) in [6.07, 6.45) is 1.52. The Kier molecular flexibility index (Phi) is 5.36. The van der Waals surface area contributed by atoms with Crippen molar-refractivity contribution < 1.29 is 14.3 Å². The van der Waals surface area contributed by atoms with Gasteiger partial charge in [0.1, 0.15) is 17.3 Å². The molecule has 0 fully saturated rings. The van der Waals surface area contributed by atoms with E-state index in [0.717, 1.165) is 16.8 Å². The highest BCUT2D eigenvalue weighted by molar-refractivity contribution is 6.03. The van der Waals surface area contributed by atoms with E-state index in [0.29, 0.717) is 17.3 Å². The number of ether oxygens (including phenoxy) is 2. The maximum Gasteiger partial charge on any atom is 0.249 e. The fourth-order valence-electron chi connectivity index (χ4n) is 2.17. The number of nitrogens with zero attached hydrogens (tertiary/aromatic N) is 1. The summed E-state index contributed by atoms with van der Waals surface area (Å²) in [7, 11) is 3.18. The Hall–Kier alpha value is -2.82. The quantitative estimate of drug-likeness (QED) is 0.859. The van der Waals surface area contributed by atoms with Gasteiger partial charge in [0.05, 0.1) is 14.2 Å². The number of methoxy groups -OCH3 is 2. The minimum Gasteiger partial charge on any atom is -0.497 e. The number of aryl methyl sites for hydroxylation is 1. The predicted molar refractivity (Wildman–Crippen MR) is 90.8 cm³/mol. The van der Waals surface area contributed by atoms with Crippen LogP contribution in [0.5, 0.6) is 11.5 Å². The number of carbonyl (C=O) groups excluding carboxylic acids is 1. The van der Waals surface area contributed by atoms with E-state index in [1.54, 1.807) is 26.4 Å². The monoisotopic (exact) mass is 312 g/mol. The van der Waals surface area contributed by atoms with E-state index >= 15 is 0 Å². The van der Waals surface area contributed by atoms with Gasteiger partial charge >= 0.3 is 0 Å². The minimum atomic E-state index is -0.238. The van der Waals surface area contributed by atoms with Gasteiger partial charge in [0.25, 0.3) is 0 Å². The summed E-state index contributed by atoms with van der Waals surface area (Å²) in [6.45, 7) is 3.73. The number of allylic oxidation sites excluding steroid dienone is 1. The Labute approximate surface area is 136 Å². The predicted octanol–water partition coefficient (Wildman–Crippen LogP) is 3.45. The molecule has 1 N–H and O–H groups in total. The van der Waals surface area contributed by atoms with Crippen LogP contribution < -0.4 is 14.8 Å². The molecule has 1 amide bonds. The highest BCUT2D eigenvalue weighted by Crippen LogP contribution is 2.29. The van der Waals surface area contributed by atoms with E-state index in [2.05, 4.69) is 10.3 Å². The van der Waals surface area contributed by atoms with Gasteiger partial charge in [0, 0.05) is 23.4 Å². The van der Waals surface area contributed by atoms with Gasteiger partial charge in [0.2, 0.25) is 5.91 Å². The molecule has 0 atom stereocenters. The molecule has 1 aromatic heterocycles. The van der Waals surface area contributed by atoms with E-state index < -0.39 is 0 Å². The third kappa shape index (κ3) is 4.32. The van der Waals surface area contributed by atoms with Crippen LogP contribution in [0.1, 0.15) is 18.2 Å². The summed E-state index contributed by atoms with van der Waals surface area (Å²) in [4.78, 5) is 16.4. The lowest BCUT2D eigenvalue weighted by atomic mass is 10.1. The molecule has 0 saturated heterocycles. The summed E-state index contributed by atoms with van der Waals surface area (Å²) in [5, 5.41) is 2.75. The molecule has 0 aliphatic carbocycles. The van der Waals surface area contributed by atoms with Crippen molar-refractivity contribution in [2.24, 2.45) is 0 Å². The summed E-state index contributed by atoms with van der Waals surface area (Å²) in [5.41, 5.74) is 2.47. The third-order valence-electron chi connectivity index (χ3n) is 3.32. The van der Waals surface area contributed by atoms with Crippen LogP contribution in [0.3, 0.4) is 0 Å². The first kappa shape index (κ1) is 16.5. The Morgan fingerprint density at radius 1 is 1.17 bits per heavy atom. The highest BCUT2D eigenvalue weighted by atomic mass is 16.5. The molecular formula is C18H20N2O3. The minimum absolute atomic E-state index is 0.238. The molecule has 1 heterocycles. The second-order valence-corrected chi connectivity index (χ2v) is 5.05. The Balaban J connectivity index is 2.20. The fraction of sp³-hybridized carbons (Fsp3) is 0.222. The normalized spacial score (nSPS) is 11.0. The molecule has 2 rings (SSSR count). The zero-order valence-electron chi connectivity index (χ0n) is 13.7. The Bertz CT molecular complexity index is 739. The van der Waals surface area contributed by atoms with E-state index in [1.165, 1.54) is 6.08 Å². The van der Waals surface area contributed by atoms with Crippen LogP contribution in [-0.4, -0.2) is 25.1 Å². The number of hydrogen-bond donors (Lipinski definition) is 1. The van der Waals surface area contributed by atoms with Gasteiger partial charge in [-0.15, -0.1) is 0 Å². The largest absolute Gasteiger partial charge is 0.497 e. The van der Waals surface area contributed by atoms with Crippen LogP contribution in [0.4, 0.5) is 5.82 Å². The van der Waals surface area contributed by atoms with Gasteiger partial charge in [-0.3, -0.25) is 4.79 Å².